The number of aliphatic imine (C=N–C) groups is 1. The summed E-state index contributed by atoms with van der Waals surface area (Å²) < 4.78 is 7.78. The van der Waals surface area contributed by atoms with Gasteiger partial charge in [-0.2, -0.15) is 5.10 Å². The number of ether oxygens (including phenoxy) is 1. The lowest BCUT2D eigenvalue weighted by molar-refractivity contribution is -0.000599. The second kappa shape index (κ2) is 14.1. The first-order valence-corrected chi connectivity index (χ1v) is 11.5. The summed E-state index contributed by atoms with van der Waals surface area (Å²) in [5.74, 6) is 0.649. The van der Waals surface area contributed by atoms with Crippen molar-refractivity contribution in [1.82, 2.24) is 20.4 Å². The van der Waals surface area contributed by atoms with Crippen molar-refractivity contribution >= 4 is 29.9 Å². The van der Waals surface area contributed by atoms with Gasteiger partial charge in [-0.1, -0.05) is 48.5 Å². The third-order valence-electron chi connectivity index (χ3n) is 5.29. The maximum absolute atomic E-state index is 10.4. The third kappa shape index (κ3) is 8.11. The molecule has 1 aromatic heterocycles. The maximum atomic E-state index is 10.4. The second-order valence-electron chi connectivity index (χ2n) is 8.08. The fourth-order valence-corrected chi connectivity index (χ4v) is 3.58. The fourth-order valence-electron chi connectivity index (χ4n) is 3.58. The molecule has 0 aliphatic heterocycles. The Bertz CT molecular complexity index is 1040. The molecule has 0 saturated heterocycles. The Labute approximate surface area is 219 Å². The van der Waals surface area contributed by atoms with E-state index in [2.05, 4.69) is 33.9 Å². The van der Waals surface area contributed by atoms with Crippen LogP contribution < -0.4 is 10.6 Å². The molecule has 3 N–H and O–H groups in total. The van der Waals surface area contributed by atoms with Crippen LogP contribution in [0.5, 0.6) is 0 Å². The van der Waals surface area contributed by atoms with Crippen molar-refractivity contribution in [3.8, 4) is 5.69 Å². The molecule has 2 atom stereocenters. The number of nitrogens with one attached hydrogen (secondary N) is 2. The highest BCUT2D eigenvalue weighted by Gasteiger charge is 2.12. The number of aliphatic hydroxyl groups excluding tert-OH is 1. The van der Waals surface area contributed by atoms with E-state index >= 15 is 0 Å². The van der Waals surface area contributed by atoms with Crippen LogP contribution in [0.4, 0.5) is 0 Å². The van der Waals surface area contributed by atoms with E-state index in [1.54, 1.807) is 0 Å². The van der Waals surface area contributed by atoms with Crippen molar-refractivity contribution < 1.29 is 9.84 Å². The molecule has 1 heterocycles. The Hall–Kier alpha value is -2.43. The summed E-state index contributed by atoms with van der Waals surface area (Å²) in [5.41, 5.74) is 5.25. The molecule has 8 heteroatoms. The molecule has 184 valence electrons. The zero-order valence-corrected chi connectivity index (χ0v) is 22.7. The smallest absolute Gasteiger partial charge is 0.191 e. The Morgan fingerprint density at radius 3 is 2.47 bits per heavy atom. The van der Waals surface area contributed by atoms with E-state index in [1.807, 2.05) is 74.8 Å². The van der Waals surface area contributed by atoms with Gasteiger partial charge in [-0.15, -0.1) is 24.0 Å². The molecule has 0 spiro atoms. The van der Waals surface area contributed by atoms with Gasteiger partial charge in [0.15, 0.2) is 5.96 Å². The molecule has 0 bridgehead atoms. The first-order valence-electron chi connectivity index (χ1n) is 11.5. The van der Waals surface area contributed by atoms with Crippen molar-refractivity contribution in [1.29, 1.82) is 0 Å². The van der Waals surface area contributed by atoms with E-state index < -0.39 is 6.10 Å². The molecule has 0 aliphatic carbocycles. The van der Waals surface area contributed by atoms with Crippen LogP contribution in [0.2, 0.25) is 0 Å². The third-order valence-corrected chi connectivity index (χ3v) is 5.29. The van der Waals surface area contributed by atoms with Crippen LogP contribution in [0.1, 0.15) is 42.5 Å². The topological polar surface area (TPSA) is 83.7 Å². The lowest BCUT2D eigenvalue weighted by Gasteiger charge is -2.18. The van der Waals surface area contributed by atoms with Crippen molar-refractivity contribution in [3.05, 3.63) is 83.2 Å². The minimum atomic E-state index is -0.651. The molecule has 34 heavy (non-hydrogen) atoms. The van der Waals surface area contributed by atoms with Crippen LogP contribution in [0.25, 0.3) is 5.69 Å². The lowest BCUT2D eigenvalue weighted by Crippen LogP contribution is -2.42. The minimum absolute atomic E-state index is 0. The number of aromatic nitrogens is 2. The molecular formula is C26H36IN5O2. The highest BCUT2D eigenvalue weighted by molar-refractivity contribution is 14.0. The monoisotopic (exact) mass is 577 g/mol. The Morgan fingerprint density at radius 1 is 1.09 bits per heavy atom. The van der Waals surface area contributed by atoms with Gasteiger partial charge in [0.2, 0.25) is 0 Å². The number of aryl methyl sites for hydroxylation is 2. The number of hydrogen-bond acceptors (Lipinski definition) is 4. The van der Waals surface area contributed by atoms with Gasteiger partial charge in [0, 0.05) is 18.8 Å². The minimum Gasteiger partial charge on any atom is -0.389 e. The van der Waals surface area contributed by atoms with E-state index in [0.29, 0.717) is 19.0 Å². The van der Waals surface area contributed by atoms with Crippen LogP contribution in [0.15, 0.2) is 65.7 Å². The van der Waals surface area contributed by atoms with Gasteiger partial charge in [-0.25, -0.2) is 9.67 Å². The molecule has 0 saturated carbocycles. The van der Waals surface area contributed by atoms with Crippen molar-refractivity contribution in [2.75, 3.05) is 19.7 Å². The van der Waals surface area contributed by atoms with Crippen molar-refractivity contribution in [2.45, 2.75) is 46.4 Å². The predicted molar refractivity (Wildman–Crippen MR) is 148 cm³/mol. The number of guanidine groups is 1. The predicted octanol–water partition coefficient (Wildman–Crippen LogP) is 4.30. The normalized spacial score (nSPS) is 13.1. The molecule has 2 aromatic carbocycles. The number of halogens is 1. The largest absolute Gasteiger partial charge is 0.389 e. The molecule has 7 nitrogen and oxygen atoms in total. The molecule has 0 radical (unpaired) electrons. The molecule has 3 rings (SSSR count). The maximum Gasteiger partial charge on any atom is 0.191 e. The molecule has 0 amide bonds. The summed E-state index contributed by atoms with van der Waals surface area (Å²) in [5, 5.41) is 21.5. The van der Waals surface area contributed by atoms with Gasteiger partial charge in [-0.3, -0.25) is 0 Å². The highest BCUT2D eigenvalue weighted by atomic mass is 127. The zero-order valence-electron chi connectivity index (χ0n) is 20.4. The summed E-state index contributed by atoms with van der Waals surface area (Å²) >= 11 is 0. The number of hydrogen-bond donors (Lipinski definition) is 3. The molecule has 0 aliphatic rings. The van der Waals surface area contributed by atoms with E-state index in [-0.39, 0.29) is 36.7 Å². The Balaban J connectivity index is 0.00000408. The number of benzene rings is 2. The summed E-state index contributed by atoms with van der Waals surface area (Å²) in [6, 6.07) is 20.2. The summed E-state index contributed by atoms with van der Waals surface area (Å²) in [6.45, 7) is 9.84. The summed E-state index contributed by atoms with van der Waals surface area (Å²) in [7, 11) is 0. The first-order chi connectivity index (χ1) is 16.0. The van der Waals surface area contributed by atoms with E-state index in [1.165, 1.54) is 0 Å². The van der Waals surface area contributed by atoms with Gasteiger partial charge in [0.25, 0.3) is 0 Å². The van der Waals surface area contributed by atoms with Gasteiger partial charge in [0.05, 0.1) is 36.7 Å². The van der Waals surface area contributed by atoms with Crippen LogP contribution in [-0.2, 0) is 11.3 Å². The zero-order chi connectivity index (χ0) is 23.6. The first kappa shape index (κ1) is 27.8. The van der Waals surface area contributed by atoms with Crippen molar-refractivity contribution in [2.24, 2.45) is 4.99 Å². The van der Waals surface area contributed by atoms with Gasteiger partial charge >= 0.3 is 0 Å². The number of aliphatic hydroxyl groups is 1. The van der Waals surface area contributed by atoms with Gasteiger partial charge < -0.3 is 20.5 Å². The Kier molecular flexibility index (Phi) is 11.5. The SMILES string of the molecule is CCNC(=NCc1ccccc1-n1nc(C)cc1C)NCC(O)COC(C)c1ccccc1.I. The quantitative estimate of drug-likeness (QED) is 0.190. The van der Waals surface area contributed by atoms with E-state index in [4.69, 9.17) is 9.73 Å². The van der Waals surface area contributed by atoms with Crippen molar-refractivity contribution in [3.63, 3.8) is 0 Å². The van der Waals surface area contributed by atoms with Gasteiger partial charge in [-0.05, 0) is 51.0 Å². The molecule has 2 unspecified atom stereocenters. The van der Waals surface area contributed by atoms with Crippen LogP contribution in [0, 0.1) is 13.8 Å². The van der Waals surface area contributed by atoms with E-state index in [0.717, 1.165) is 34.7 Å². The molecule has 0 fully saturated rings. The second-order valence-corrected chi connectivity index (χ2v) is 8.08. The summed E-state index contributed by atoms with van der Waals surface area (Å²) in [6.07, 6.45) is -0.726. The lowest BCUT2D eigenvalue weighted by atomic mass is 10.1. The van der Waals surface area contributed by atoms with Gasteiger partial charge in [0.1, 0.15) is 0 Å². The average molecular weight is 578 g/mol. The van der Waals surface area contributed by atoms with Crippen LogP contribution >= 0.6 is 24.0 Å². The van der Waals surface area contributed by atoms with E-state index in [9.17, 15) is 5.11 Å². The molecule has 3 aromatic rings. The number of nitrogens with zero attached hydrogens (tertiary/aromatic N) is 3. The van der Waals surface area contributed by atoms with Crippen LogP contribution in [-0.4, -0.2) is 46.6 Å². The summed E-state index contributed by atoms with van der Waals surface area (Å²) in [4.78, 5) is 4.72. The Morgan fingerprint density at radius 2 is 1.79 bits per heavy atom. The molecular weight excluding hydrogens is 541 g/mol. The highest BCUT2D eigenvalue weighted by Crippen LogP contribution is 2.18. The standard InChI is InChI=1S/C26H35N5O2.HI/c1-5-27-26(29-17-24(32)18-33-21(4)22-11-7-6-8-12-22)28-16-23-13-9-10-14-25(23)31-20(3)15-19(2)30-31;/h6-15,21,24,32H,5,16-18H2,1-4H3,(H2,27,28,29);1H. The van der Waals surface area contributed by atoms with Crippen LogP contribution in [0.3, 0.4) is 0 Å². The number of para-hydroxylation sites is 1. The number of rotatable bonds is 10. The fraction of sp³-hybridized carbons (Fsp3) is 0.385. The average Bonchev–Trinajstić information content (AvgIpc) is 3.17.